The molecule has 0 saturated heterocycles. The molecule has 2 aromatic heterocycles. The molecule has 5 aromatic carbocycles. The van der Waals surface area contributed by atoms with E-state index in [0.717, 1.165) is 45.0 Å². The van der Waals surface area contributed by atoms with Crippen molar-refractivity contribution in [3.05, 3.63) is 114 Å². The van der Waals surface area contributed by atoms with Crippen LogP contribution < -0.4 is 0 Å². The first kappa shape index (κ1) is 24.1. The quantitative estimate of drug-likeness (QED) is 0.213. The van der Waals surface area contributed by atoms with Crippen LogP contribution in [0.3, 0.4) is 0 Å². The van der Waals surface area contributed by atoms with Gasteiger partial charge >= 0.3 is 0 Å². The normalized spacial score (nSPS) is 11.1. The van der Waals surface area contributed by atoms with Gasteiger partial charge in [0.2, 0.25) is 0 Å². The Morgan fingerprint density at radius 1 is 0.585 bits per heavy atom. The molecule has 0 N–H and O–H groups in total. The lowest BCUT2D eigenvalue weighted by atomic mass is 9.95. The molecule has 0 aliphatic heterocycles. The zero-order valence-corrected chi connectivity index (χ0v) is 21.1. The molecular weight excluding hydrogens is 520 g/mol. The smallest absolute Gasteiger partial charge is 0.143 e. The van der Waals surface area contributed by atoms with E-state index in [-0.39, 0.29) is 11.1 Å². The Hall–Kier alpha value is -5.99. The highest BCUT2D eigenvalue weighted by atomic mass is 19.1. The number of hydrogen-bond donors (Lipinski definition) is 0. The maximum atomic E-state index is 14.7. The Morgan fingerprint density at radius 3 is 1.93 bits per heavy atom. The number of halogens is 2. The molecule has 0 fully saturated rings. The SMILES string of the molecule is N#Cc1ccc(-c2ccc3c(c2)nc(-c2ccc(-c4c(F)cc(C#N)cc4F)cc2)c2ccc4nonc4c23)cc1. The first-order valence-electron chi connectivity index (χ1n) is 12.5. The number of nitrogens with zero attached hydrogens (tertiary/aromatic N) is 5. The molecule has 8 heteroatoms. The van der Waals surface area contributed by atoms with E-state index in [1.54, 1.807) is 42.5 Å². The van der Waals surface area contributed by atoms with Crippen molar-refractivity contribution >= 4 is 32.7 Å². The van der Waals surface area contributed by atoms with Crippen LogP contribution in [0.4, 0.5) is 8.78 Å². The molecular formula is C33H15F2N5O. The fourth-order valence-corrected chi connectivity index (χ4v) is 5.18. The molecule has 0 atom stereocenters. The van der Waals surface area contributed by atoms with Gasteiger partial charge in [0, 0.05) is 21.7 Å². The third-order valence-electron chi connectivity index (χ3n) is 7.15. The highest BCUT2D eigenvalue weighted by Gasteiger charge is 2.18. The van der Waals surface area contributed by atoms with Gasteiger partial charge in [-0.2, -0.15) is 10.5 Å². The maximum absolute atomic E-state index is 14.7. The minimum Gasteiger partial charge on any atom is -0.247 e. The molecule has 0 bridgehead atoms. The summed E-state index contributed by atoms with van der Waals surface area (Å²) in [5, 5.41) is 28.8. The zero-order chi connectivity index (χ0) is 28.1. The monoisotopic (exact) mass is 535 g/mol. The van der Waals surface area contributed by atoms with Crippen molar-refractivity contribution in [2.75, 3.05) is 0 Å². The van der Waals surface area contributed by atoms with Crippen LogP contribution in [-0.4, -0.2) is 15.3 Å². The van der Waals surface area contributed by atoms with Crippen LogP contribution in [0.1, 0.15) is 11.1 Å². The predicted molar refractivity (Wildman–Crippen MR) is 150 cm³/mol. The van der Waals surface area contributed by atoms with Crippen molar-refractivity contribution in [2.24, 2.45) is 0 Å². The molecule has 41 heavy (non-hydrogen) atoms. The molecule has 192 valence electrons. The number of benzene rings is 5. The summed E-state index contributed by atoms with van der Waals surface area (Å²) in [6.07, 6.45) is 0. The van der Waals surface area contributed by atoms with Crippen molar-refractivity contribution < 1.29 is 13.4 Å². The Bertz CT molecular complexity index is 2220. The van der Waals surface area contributed by atoms with Gasteiger partial charge < -0.3 is 0 Å². The molecule has 0 spiro atoms. The summed E-state index contributed by atoms with van der Waals surface area (Å²) < 4.78 is 34.4. The van der Waals surface area contributed by atoms with E-state index >= 15 is 0 Å². The number of pyridine rings is 1. The summed E-state index contributed by atoms with van der Waals surface area (Å²) in [6.45, 7) is 0. The summed E-state index contributed by atoms with van der Waals surface area (Å²) in [7, 11) is 0. The third-order valence-corrected chi connectivity index (χ3v) is 7.15. The van der Waals surface area contributed by atoms with Gasteiger partial charge in [0.1, 0.15) is 22.7 Å². The molecule has 0 unspecified atom stereocenters. The first-order chi connectivity index (χ1) is 20.0. The van der Waals surface area contributed by atoms with Gasteiger partial charge in [-0.15, -0.1) is 0 Å². The largest absolute Gasteiger partial charge is 0.247 e. The van der Waals surface area contributed by atoms with Gasteiger partial charge in [0.15, 0.2) is 0 Å². The summed E-state index contributed by atoms with van der Waals surface area (Å²) in [5.41, 5.74) is 5.79. The number of rotatable bonds is 3. The molecule has 0 amide bonds. The molecule has 7 rings (SSSR count). The van der Waals surface area contributed by atoms with Gasteiger partial charge in [-0.05, 0) is 69.5 Å². The number of fused-ring (bicyclic) bond motifs is 5. The summed E-state index contributed by atoms with van der Waals surface area (Å²) in [4.78, 5) is 5.03. The molecule has 7 aromatic rings. The average molecular weight is 536 g/mol. The van der Waals surface area contributed by atoms with Crippen molar-refractivity contribution in [1.29, 1.82) is 10.5 Å². The van der Waals surface area contributed by atoms with E-state index in [0.29, 0.717) is 33.4 Å². The first-order valence-corrected chi connectivity index (χ1v) is 12.5. The molecule has 0 saturated carbocycles. The molecule has 6 nitrogen and oxygen atoms in total. The number of nitriles is 2. The zero-order valence-electron chi connectivity index (χ0n) is 21.1. The molecule has 0 aliphatic rings. The van der Waals surface area contributed by atoms with Crippen LogP contribution in [0.15, 0.2) is 95.6 Å². The fourth-order valence-electron chi connectivity index (χ4n) is 5.18. The van der Waals surface area contributed by atoms with Gasteiger partial charge in [-0.3, -0.25) is 0 Å². The van der Waals surface area contributed by atoms with E-state index in [9.17, 15) is 8.78 Å². The van der Waals surface area contributed by atoms with E-state index in [1.165, 1.54) is 0 Å². The topological polar surface area (TPSA) is 99.4 Å². The lowest BCUT2D eigenvalue weighted by Crippen LogP contribution is -1.94. The predicted octanol–water partition coefficient (Wildman–Crippen LogP) is 7.95. The van der Waals surface area contributed by atoms with Gasteiger partial charge in [-0.25, -0.2) is 18.4 Å². The van der Waals surface area contributed by atoms with Crippen LogP contribution in [0.25, 0.3) is 66.2 Å². The van der Waals surface area contributed by atoms with E-state index < -0.39 is 11.6 Å². The minimum atomic E-state index is -0.806. The van der Waals surface area contributed by atoms with Crippen molar-refractivity contribution in [3.8, 4) is 45.6 Å². The second kappa shape index (κ2) is 9.33. The highest BCUT2D eigenvalue weighted by molar-refractivity contribution is 6.20. The van der Waals surface area contributed by atoms with Crippen LogP contribution in [0, 0.1) is 34.3 Å². The minimum absolute atomic E-state index is 0.0822. The lowest BCUT2D eigenvalue weighted by molar-refractivity contribution is 0.316. The second-order valence-corrected chi connectivity index (χ2v) is 9.51. The van der Waals surface area contributed by atoms with Crippen molar-refractivity contribution in [1.82, 2.24) is 15.3 Å². The van der Waals surface area contributed by atoms with Crippen molar-refractivity contribution in [3.63, 3.8) is 0 Å². The number of aromatic nitrogens is 3. The van der Waals surface area contributed by atoms with E-state index in [1.807, 2.05) is 42.5 Å². The van der Waals surface area contributed by atoms with Crippen LogP contribution in [-0.2, 0) is 0 Å². The van der Waals surface area contributed by atoms with E-state index in [4.69, 9.17) is 20.1 Å². The van der Waals surface area contributed by atoms with Crippen LogP contribution in [0.5, 0.6) is 0 Å². The Kier molecular flexibility index (Phi) is 5.48. The molecule has 0 radical (unpaired) electrons. The third kappa shape index (κ3) is 3.94. The lowest BCUT2D eigenvalue weighted by Gasteiger charge is -2.12. The molecule has 0 aliphatic carbocycles. The van der Waals surface area contributed by atoms with Crippen LogP contribution >= 0.6 is 0 Å². The summed E-state index contributed by atoms with van der Waals surface area (Å²) >= 11 is 0. The Morgan fingerprint density at radius 2 is 1.22 bits per heavy atom. The highest BCUT2D eigenvalue weighted by Crippen LogP contribution is 2.38. The average Bonchev–Trinajstić information content (AvgIpc) is 3.49. The Labute approximate surface area is 231 Å². The maximum Gasteiger partial charge on any atom is 0.143 e. The number of hydrogen-bond acceptors (Lipinski definition) is 6. The summed E-state index contributed by atoms with van der Waals surface area (Å²) in [5.74, 6) is -1.61. The Balaban J connectivity index is 1.43. The summed E-state index contributed by atoms with van der Waals surface area (Å²) in [6, 6.07) is 29.7. The van der Waals surface area contributed by atoms with Gasteiger partial charge in [-0.1, -0.05) is 48.5 Å². The van der Waals surface area contributed by atoms with E-state index in [2.05, 4.69) is 16.4 Å². The van der Waals surface area contributed by atoms with Gasteiger partial charge in [0.05, 0.1) is 40.0 Å². The van der Waals surface area contributed by atoms with Crippen molar-refractivity contribution in [2.45, 2.75) is 0 Å². The standard InChI is InChI=1S/C33H15F2N5O/c34-26-13-19(17-37)14-27(35)30(26)21-5-7-22(8-6-21)32-25-11-12-28-33(40-41-39-28)31(25)24-10-9-23(15-29(24)38-32)20-3-1-18(16-36)2-4-20/h1-15H. The van der Waals surface area contributed by atoms with Gasteiger partial charge in [0.25, 0.3) is 0 Å². The fraction of sp³-hybridized carbons (Fsp3) is 0. The second-order valence-electron chi connectivity index (χ2n) is 9.51. The van der Waals surface area contributed by atoms with Crippen LogP contribution in [0.2, 0.25) is 0 Å². The molecule has 2 heterocycles.